The first-order chi connectivity index (χ1) is 27.4. The number of carbonyl (C=O) groups excluding carboxylic acids is 4. The molecule has 7 aromatic carbocycles. The smallest absolute Gasteiger partial charge is 0.256 e. The van der Waals surface area contributed by atoms with Gasteiger partial charge in [-0.15, -0.1) is 0 Å². The van der Waals surface area contributed by atoms with Gasteiger partial charge in [0.1, 0.15) is 0 Å². The van der Waals surface area contributed by atoms with Crippen molar-refractivity contribution in [1.29, 1.82) is 0 Å². The van der Waals surface area contributed by atoms with Gasteiger partial charge in [-0.05, 0) is 81.0 Å². The monoisotopic (exact) mass is 900 g/mol. The van der Waals surface area contributed by atoms with Crippen LogP contribution in [0.1, 0.15) is 143 Å². The number of hydrogen-bond acceptors (Lipinski definition) is 4. The van der Waals surface area contributed by atoms with Crippen LogP contribution in [-0.4, -0.2) is 23.6 Å². The average molecular weight is 903 g/mol. The van der Waals surface area contributed by atoms with Gasteiger partial charge < -0.3 is 22.1 Å². The topological polar surface area (TPSA) is 144 Å². The van der Waals surface area contributed by atoms with Crippen molar-refractivity contribution in [3.8, 4) is 0 Å². The number of hydrogen-bond donors (Lipinski definition) is 4. The van der Waals surface area contributed by atoms with Crippen molar-refractivity contribution in [3.63, 3.8) is 0 Å². The quantitative estimate of drug-likeness (QED) is 0.0800. The fourth-order valence-electron chi connectivity index (χ4n) is 8.53. The minimum absolute atomic E-state index is 0.125. The summed E-state index contributed by atoms with van der Waals surface area (Å²) in [6.07, 6.45) is 0. The molecule has 0 aliphatic carbocycles. The van der Waals surface area contributed by atoms with Crippen LogP contribution in [0.15, 0.2) is 81.7 Å². The summed E-state index contributed by atoms with van der Waals surface area (Å²) in [6, 6.07) is 22.5. The Morgan fingerprint density at radius 2 is 0.793 bits per heavy atom. The first-order valence-electron chi connectivity index (χ1n) is 19.5. The second kappa shape index (κ2) is 15.5. The summed E-state index contributed by atoms with van der Waals surface area (Å²) in [5.41, 5.74) is 18.3. The molecule has 7 rings (SSSR count). The standard InChI is InChI=1S/C48H46Br2N4O4/c1-21(2)25-11-9-12-26(22(3)4)43(25)53-47(57)32-18-16-30-39-35(49)19-33(46(52)56)37-31(45(51)55)17-15-29(41(37)39)40-36(50)20-34(38(32)42(30)40)48(58)54-44-27(23(5)6)13-10-14-28(44)24(7)8/h9-24H,1-8H3,(H2,51,55)(H2,52,56)(H,53,57)(H,54,58). The van der Waals surface area contributed by atoms with Gasteiger partial charge in [-0.3, -0.25) is 19.2 Å². The molecule has 10 heteroatoms. The van der Waals surface area contributed by atoms with Crippen LogP contribution in [-0.2, 0) is 0 Å². The van der Waals surface area contributed by atoms with Gasteiger partial charge in [-0.2, -0.15) is 0 Å². The van der Waals surface area contributed by atoms with Crippen molar-refractivity contribution in [2.75, 3.05) is 10.6 Å². The van der Waals surface area contributed by atoms with Crippen molar-refractivity contribution in [1.82, 2.24) is 0 Å². The van der Waals surface area contributed by atoms with Gasteiger partial charge in [0.2, 0.25) is 11.8 Å². The van der Waals surface area contributed by atoms with E-state index in [1.807, 2.05) is 42.5 Å². The number of primary amides is 2. The zero-order valence-electron chi connectivity index (χ0n) is 33.8. The van der Waals surface area contributed by atoms with Crippen LogP contribution in [0.5, 0.6) is 0 Å². The van der Waals surface area contributed by atoms with E-state index in [0.717, 1.165) is 33.6 Å². The number of nitrogens with two attached hydrogens (primary N) is 2. The van der Waals surface area contributed by atoms with E-state index in [0.29, 0.717) is 63.2 Å². The molecule has 0 heterocycles. The SMILES string of the molecule is CC(C)c1cccc(C(C)C)c1NC(=O)c1ccc2c3c(Br)cc(C(N)=O)c4c(C(N)=O)ccc(c5c(Br)cc(C(=O)Nc6c(C(C)C)cccc6C(C)C)c1c25)c43. The highest BCUT2D eigenvalue weighted by molar-refractivity contribution is 9.11. The molecule has 58 heavy (non-hydrogen) atoms. The van der Waals surface area contributed by atoms with Crippen LogP contribution in [0, 0.1) is 0 Å². The summed E-state index contributed by atoms with van der Waals surface area (Å²) in [5, 5.41) is 11.4. The van der Waals surface area contributed by atoms with Crippen molar-refractivity contribution in [2.45, 2.75) is 79.1 Å². The predicted octanol–water partition coefficient (Wildman–Crippen LogP) is 12.5. The average Bonchev–Trinajstić information content (AvgIpc) is 3.16. The summed E-state index contributed by atoms with van der Waals surface area (Å²) in [7, 11) is 0. The number of benzene rings is 7. The van der Waals surface area contributed by atoms with Gasteiger partial charge in [0, 0.05) is 74.9 Å². The Hall–Kier alpha value is -5.32. The van der Waals surface area contributed by atoms with Crippen molar-refractivity contribution < 1.29 is 19.2 Å². The Balaban J connectivity index is 1.62. The number of amides is 4. The first kappa shape index (κ1) is 40.9. The zero-order chi connectivity index (χ0) is 42.1. The maximum absolute atomic E-state index is 15.0. The molecule has 296 valence electrons. The fourth-order valence-corrected chi connectivity index (χ4v) is 9.81. The molecule has 0 aliphatic rings. The Bertz CT molecular complexity index is 2820. The molecule has 6 N–H and O–H groups in total. The van der Waals surface area contributed by atoms with E-state index >= 15 is 4.79 Å². The molecule has 0 bridgehead atoms. The maximum atomic E-state index is 15.0. The molecule has 0 atom stereocenters. The first-order valence-corrected chi connectivity index (χ1v) is 21.1. The minimum atomic E-state index is -0.717. The summed E-state index contributed by atoms with van der Waals surface area (Å²) in [4.78, 5) is 55.8. The molecule has 0 spiro atoms. The third-order valence-corrected chi connectivity index (χ3v) is 12.5. The summed E-state index contributed by atoms with van der Waals surface area (Å²) >= 11 is 7.58. The van der Waals surface area contributed by atoms with Gasteiger partial charge >= 0.3 is 0 Å². The number of para-hydroxylation sites is 2. The summed E-state index contributed by atoms with van der Waals surface area (Å²) in [6.45, 7) is 16.8. The number of halogens is 2. The van der Waals surface area contributed by atoms with Crippen LogP contribution in [0.2, 0.25) is 0 Å². The molecule has 8 nitrogen and oxygen atoms in total. The number of anilines is 2. The summed E-state index contributed by atoms with van der Waals surface area (Å²) in [5.74, 6) is -1.65. The van der Waals surface area contributed by atoms with Crippen LogP contribution in [0.25, 0.3) is 43.1 Å². The number of carbonyl (C=O) groups is 4. The highest BCUT2D eigenvalue weighted by Crippen LogP contribution is 2.49. The Morgan fingerprint density at radius 1 is 0.448 bits per heavy atom. The number of nitrogens with one attached hydrogen (secondary N) is 2. The molecular weight excluding hydrogens is 856 g/mol. The van der Waals surface area contributed by atoms with E-state index in [-0.39, 0.29) is 46.6 Å². The minimum Gasteiger partial charge on any atom is -0.366 e. The highest BCUT2D eigenvalue weighted by Gasteiger charge is 2.29. The second-order valence-corrected chi connectivity index (χ2v) is 18.0. The molecule has 4 amide bonds. The van der Waals surface area contributed by atoms with Crippen LogP contribution in [0.3, 0.4) is 0 Å². The Labute approximate surface area is 354 Å². The lowest BCUT2D eigenvalue weighted by molar-refractivity contribution is 0.0996. The lowest BCUT2D eigenvalue weighted by Gasteiger charge is -2.24. The third kappa shape index (κ3) is 6.70. The van der Waals surface area contributed by atoms with Crippen LogP contribution in [0.4, 0.5) is 11.4 Å². The molecule has 0 saturated carbocycles. The van der Waals surface area contributed by atoms with E-state index < -0.39 is 11.8 Å². The Morgan fingerprint density at radius 3 is 1.17 bits per heavy atom. The largest absolute Gasteiger partial charge is 0.366 e. The second-order valence-electron chi connectivity index (χ2n) is 16.3. The fraction of sp³-hybridized carbons (Fsp3) is 0.250. The highest BCUT2D eigenvalue weighted by atomic mass is 79.9. The molecular formula is C48H46Br2N4O4. The molecule has 0 saturated heterocycles. The van der Waals surface area contributed by atoms with E-state index in [1.54, 1.807) is 30.3 Å². The van der Waals surface area contributed by atoms with E-state index in [4.69, 9.17) is 11.5 Å². The van der Waals surface area contributed by atoms with E-state index in [9.17, 15) is 14.4 Å². The maximum Gasteiger partial charge on any atom is 0.256 e. The summed E-state index contributed by atoms with van der Waals surface area (Å²) < 4.78 is 1.13. The lowest BCUT2D eigenvalue weighted by Crippen LogP contribution is -2.20. The lowest BCUT2D eigenvalue weighted by atomic mass is 9.84. The van der Waals surface area contributed by atoms with Crippen LogP contribution >= 0.6 is 31.9 Å². The molecule has 0 aliphatic heterocycles. The van der Waals surface area contributed by atoms with E-state index in [1.165, 1.54) is 0 Å². The molecule has 0 unspecified atom stereocenters. The molecule has 0 fully saturated rings. The van der Waals surface area contributed by atoms with Gasteiger partial charge in [0.25, 0.3) is 11.8 Å². The third-order valence-electron chi connectivity index (χ3n) is 11.3. The Kier molecular flexibility index (Phi) is 10.9. The molecule has 0 aromatic heterocycles. The van der Waals surface area contributed by atoms with Crippen LogP contribution < -0.4 is 22.1 Å². The molecule has 0 radical (unpaired) electrons. The van der Waals surface area contributed by atoms with Crippen molar-refractivity contribution in [2.24, 2.45) is 11.5 Å². The molecule has 7 aromatic rings. The van der Waals surface area contributed by atoms with Gasteiger partial charge in [-0.25, -0.2) is 0 Å². The van der Waals surface area contributed by atoms with Crippen molar-refractivity contribution >= 4 is 110 Å². The zero-order valence-corrected chi connectivity index (χ0v) is 37.0. The predicted molar refractivity (Wildman–Crippen MR) is 245 cm³/mol. The van der Waals surface area contributed by atoms with Gasteiger partial charge in [0.15, 0.2) is 0 Å². The number of fused-ring (bicyclic) bond motifs is 2. The number of rotatable bonds is 10. The van der Waals surface area contributed by atoms with Gasteiger partial charge in [0.05, 0.1) is 0 Å². The normalized spacial score (nSPS) is 12.0. The van der Waals surface area contributed by atoms with Gasteiger partial charge in [-0.1, -0.05) is 136 Å². The van der Waals surface area contributed by atoms with E-state index in [2.05, 4.69) is 97.9 Å². The van der Waals surface area contributed by atoms with Crippen molar-refractivity contribution in [3.05, 3.63) is 126 Å².